The summed E-state index contributed by atoms with van der Waals surface area (Å²) in [4.78, 5) is 26.4. The minimum absolute atomic E-state index is 0.216. The van der Waals surface area contributed by atoms with Crippen molar-refractivity contribution in [3.05, 3.63) is 22.8 Å². The molecule has 0 aromatic carbocycles. The Bertz CT molecular complexity index is 677. The number of rotatable bonds is 4. The molecule has 0 bridgehead atoms. The van der Waals surface area contributed by atoms with Gasteiger partial charge in [0.1, 0.15) is 10.1 Å². The normalized spacial score (nSPS) is 20.6. The highest BCUT2D eigenvalue weighted by Crippen LogP contribution is 2.33. The number of hydrogen-bond acceptors (Lipinski definition) is 7. The zero-order valence-electron chi connectivity index (χ0n) is 12.3. The Kier molecular flexibility index (Phi) is 4.72. The minimum Gasteiger partial charge on any atom is -0.548 e. The number of nitrogens with zero attached hydrogens (tertiary/aromatic N) is 2. The van der Waals surface area contributed by atoms with Crippen molar-refractivity contribution in [1.29, 1.82) is 0 Å². The molecule has 1 aromatic heterocycles. The Balaban J connectivity index is 1.74. The van der Waals surface area contributed by atoms with Gasteiger partial charge in [0.15, 0.2) is 5.88 Å². The van der Waals surface area contributed by atoms with Gasteiger partial charge < -0.3 is 19.2 Å². The number of hydrogen-bond donors (Lipinski definition) is 0. The van der Waals surface area contributed by atoms with Crippen LogP contribution in [0, 0.1) is 0 Å². The van der Waals surface area contributed by atoms with Crippen LogP contribution in [0.1, 0.15) is 25.0 Å². The molecule has 0 saturated carbocycles. The Morgan fingerprint density at radius 1 is 1.35 bits per heavy atom. The number of carboxylic acids is 1. The Labute approximate surface area is 143 Å². The van der Waals surface area contributed by atoms with Crippen LogP contribution in [0.4, 0.5) is 5.88 Å². The van der Waals surface area contributed by atoms with Crippen molar-refractivity contribution in [2.45, 2.75) is 19.3 Å². The topological polar surface area (TPSA) is 76.8 Å². The number of piperidine rings is 1. The largest absolute Gasteiger partial charge is 0.548 e. The highest BCUT2D eigenvalue weighted by Gasteiger charge is 2.32. The molecule has 1 amide bonds. The molecule has 0 spiro atoms. The lowest BCUT2D eigenvalue weighted by Gasteiger charge is -2.25. The molecule has 1 aromatic rings. The van der Waals surface area contributed by atoms with Crippen LogP contribution in [0.15, 0.2) is 21.5 Å². The van der Waals surface area contributed by atoms with Gasteiger partial charge in [0.05, 0.1) is 17.4 Å². The number of furan rings is 1. The molecule has 2 fully saturated rings. The molecule has 0 aliphatic carbocycles. The van der Waals surface area contributed by atoms with Gasteiger partial charge in [-0.05, 0) is 25.3 Å². The second kappa shape index (κ2) is 6.76. The molecule has 8 heteroatoms. The van der Waals surface area contributed by atoms with E-state index in [1.165, 1.54) is 6.42 Å². The third-order valence-electron chi connectivity index (χ3n) is 3.71. The third-order valence-corrected chi connectivity index (χ3v) is 5.09. The van der Waals surface area contributed by atoms with Crippen molar-refractivity contribution < 1.29 is 19.1 Å². The zero-order chi connectivity index (χ0) is 16.4. The van der Waals surface area contributed by atoms with Gasteiger partial charge in [-0.15, -0.1) is 0 Å². The fourth-order valence-electron chi connectivity index (χ4n) is 2.60. The summed E-state index contributed by atoms with van der Waals surface area (Å²) >= 11 is 6.10. The van der Waals surface area contributed by atoms with E-state index in [9.17, 15) is 14.7 Å². The van der Waals surface area contributed by atoms with Crippen molar-refractivity contribution in [3.8, 4) is 0 Å². The number of amides is 1. The number of thioether (sulfide) groups is 1. The smallest absolute Gasteiger partial charge is 0.266 e. The molecular formula is C15H15N2O4S2-. The Hall–Kier alpha value is -1.80. The van der Waals surface area contributed by atoms with E-state index < -0.39 is 18.4 Å². The van der Waals surface area contributed by atoms with Gasteiger partial charge in [-0.25, -0.2) is 0 Å². The molecule has 0 unspecified atom stereocenters. The van der Waals surface area contributed by atoms with E-state index in [1.54, 1.807) is 12.1 Å². The number of thiocarbonyl (C=S) groups is 1. The molecule has 3 heterocycles. The van der Waals surface area contributed by atoms with Crippen LogP contribution in [-0.4, -0.2) is 40.7 Å². The maximum absolute atomic E-state index is 12.2. The molecule has 0 N–H and O–H groups in total. The number of aliphatic carboxylic acids is 1. The van der Waals surface area contributed by atoms with Gasteiger partial charge in [0.2, 0.25) is 0 Å². The first-order valence-electron chi connectivity index (χ1n) is 7.34. The van der Waals surface area contributed by atoms with E-state index in [0.717, 1.165) is 48.5 Å². The fraction of sp³-hybridized carbons (Fsp3) is 0.400. The summed E-state index contributed by atoms with van der Waals surface area (Å²) in [5.74, 6) is -0.422. The van der Waals surface area contributed by atoms with Crippen LogP contribution in [0.3, 0.4) is 0 Å². The molecule has 3 rings (SSSR count). The van der Waals surface area contributed by atoms with Crippen LogP contribution in [0.25, 0.3) is 6.08 Å². The van der Waals surface area contributed by atoms with Gasteiger partial charge in [0.25, 0.3) is 5.91 Å². The third kappa shape index (κ3) is 3.59. The first-order valence-corrected chi connectivity index (χ1v) is 8.57. The van der Waals surface area contributed by atoms with E-state index in [0.29, 0.717) is 10.7 Å². The molecule has 23 heavy (non-hydrogen) atoms. The summed E-state index contributed by atoms with van der Waals surface area (Å²) in [5, 5.41) is 10.7. The maximum atomic E-state index is 12.2. The van der Waals surface area contributed by atoms with E-state index in [-0.39, 0.29) is 4.32 Å². The lowest BCUT2D eigenvalue weighted by atomic mass is 10.1. The van der Waals surface area contributed by atoms with E-state index in [2.05, 4.69) is 4.90 Å². The number of carbonyl (C=O) groups excluding carboxylic acids is 2. The van der Waals surface area contributed by atoms with Crippen molar-refractivity contribution in [2.24, 2.45) is 0 Å². The van der Waals surface area contributed by atoms with Crippen molar-refractivity contribution in [3.63, 3.8) is 0 Å². The van der Waals surface area contributed by atoms with Crippen molar-refractivity contribution in [1.82, 2.24) is 4.90 Å². The molecule has 2 aliphatic rings. The van der Waals surface area contributed by atoms with Crippen molar-refractivity contribution >= 4 is 52.1 Å². The quantitative estimate of drug-likeness (QED) is 0.596. The predicted molar refractivity (Wildman–Crippen MR) is 89.7 cm³/mol. The summed E-state index contributed by atoms with van der Waals surface area (Å²) in [6, 6.07) is 3.69. The maximum Gasteiger partial charge on any atom is 0.266 e. The van der Waals surface area contributed by atoms with Crippen LogP contribution in [-0.2, 0) is 9.59 Å². The van der Waals surface area contributed by atoms with Gasteiger partial charge in [0, 0.05) is 25.2 Å². The van der Waals surface area contributed by atoms with E-state index in [1.807, 2.05) is 6.07 Å². The van der Waals surface area contributed by atoms with Crippen LogP contribution < -0.4 is 10.0 Å². The van der Waals surface area contributed by atoms with E-state index >= 15 is 0 Å². The second-order valence-corrected chi connectivity index (χ2v) is 7.04. The monoisotopic (exact) mass is 351 g/mol. The van der Waals surface area contributed by atoms with Gasteiger partial charge in [-0.1, -0.05) is 24.0 Å². The first-order chi connectivity index (χ1) is 11.0. The molecule has 2 aliphatic heterocycles. The minimum atomic E-state index is -1.34. The van der Waals surface area contributed by atoms with Crippen molar-refractivity contribution in [2.75, 3.05) is 24.5 Å². The van der Waals surface area contributed by atoms with E-state index in [4.69, 9.17) is 16.6 Å². The summed E-state index contributed by atoms with van der Waals surface area (Å²) in [7, 11) is 0. The van der Waals surface area contributed by atoms with Crippen LogP contribution >= 0.6 is 24.0 Å². The number of carbonyl (C=O) groups is 2. The molecule has 6 nitrogen and oxygen atoms in total. The fourth-order valence-corrected chi connectivity index (χ4v) is 3.83. The summed E-state index contributed by atoms with van der Waals surface area (Å²) in [5.41, 5.74) is 0. The Morgan fingerprint density at radius 3 is 2.78 bits per heavy atom. The molecule has 0 atom stereocenters. The lowest BCUT2D eigenvalue weighted by molar-refractivity contribution is -0.305. The van der Waals surface area contributed by atoms with Gasteiger partial charge >= 0.3 is 0 Å². The van der Waals surface area contributed by atoms with Crippen LogP contribution in [0.5, 0.6) is 0 Å². The lowest BCUT2D eigenvalue weighted by Crippen LogP contribution is -2.40. The second-order valence-electron chi connectivity index (χ2n) is 5.36. The average Bonchev–Trinajstić information content (AvgIpc) is 3.09. The SMILES string of the molecule is O=C([O-])CN1C(=O)/C(=C\c2ccc(N3CCCCC3)o2)SC1=S. The summed E-state index contributed by atoms with van der Waals surface area (Å²) in [6.45, 7) is 1.42. The molecule has 2 saturated heterocycles. The standard InChI is InChI=1S/C15H16N2O4S2/c18-13(19)9-17-14(20)11(23-15(17)22)8-10-4-5-12(21-10)16-6-2-1-3-7-16/h4-5,8H,1-3,6-7,9H2,(H,18,19)/p-1/b11-8+. The highest BCUT2D eigenvalue weighted by atomic mass is 32.2. The predicted octanol–water partition coefficient (Wildman–Crippen LogP) is 1.22. The summed E-state index contributed by atoms with van der Waals surface area (Å²) < 4.78 is 5.99. The highest BCUT2D eigenvalue weighted by molar-refractivity contribution is 8.26. The number of carboxylic acid groups (broad SMARTS) is 1. The van der Waals surface area contributed by atoms with Gasteiger partial charge in [-0.2, -0.15) is 0 Å². The Morgan fingerprint density at radius 2 is 2.09 bits per heavy atom. The van der Waals surface area contributed by atoms with Crippen LogP contribution in [0.2, 0.25) is 0 Å². The molecular weight excluding hydrogens is 336 g/mol. The molecule has 122 valence electrons. The number of anilines is 1. The first kappa shape index (κ1) is 16.1. The molecule has 0 radical (unpaired) electrons. The zero-order valence-corrected chi connectivity index (χ0v) is 14.0. The average molecular weight is 351 g/mol. The summed E-state index contributed by atoms with van der Waals surface area (Å²) in [6.07, 6.45) is 5.14. The van der Waals surface area contributed by atoms with Gasteiger partial charge in [-0.3, -0.25) is 9.69 Å².